The molecule has 6 nitrogen and oxygen atoms in total. The van der Waals surface area contributed by atoms with E-state index < -0.39 is 5.91 Å². The lowest BCUT2D eigenvalue weighted by atomic mass is 10.4. The number of nitrogens with one attached hydrogen (secondary N) is 1. The molecular formula is C7H12N4O2. The monoisotopic (exact) mass is 184 g/mol. The molecule has 3 N–H and O–H groups in total. The van der Waals surface area contributed by atoms with Crippen LogP contribution in [0.4, 0.5) is 0 Å². The number of nitrogens with two attached hydrogens (primary N) is 1. The van der Waals surface area contributed by atoms with Crippen LogP contribution in [0.15, 0.2) is 12.3 Å². The van der Waals surface area contributed by atoms with Crippen LogP contribution in [-0.2, 0) is 4.79 Å². The van der Waals surface area contributed by atoms with Crippen LogP contribution in [0, 0.1) is 0 Å². The van der Waals surface area contributed by atoms with Gasteiger partial charge in [0.1, 0.15) is 5.69 Å². The number of H-pyrrole nitrogens is 1. The van der Waals surface area contributed by atoms with Crippen molar-refractivity contribution in [2.75, 3.05) is 14.1 Å². The minimum absolute atomic E-state index is 0.338. The summed E-state index contributed by atoms with van der Waals surface area (Å²) in [5.74, 6) is -0.484. The van der Waals surface area contributed by atoms with Gasteiger partial charge >= 0.3 is 0 Å². The van der Waals surface area contributed by atoms with Crippen LogP contribution in [0.5, 0.6) is 0 Å². The second kappa shape index (κ2) is 5.76. The fourth-order valence-corrected chi connectivity index (χ4v) is 0.393. The van der Waals surface area contributed by atoms with E-state index >= 15 is 0 Å². The molecule has 0 unspecified atom stereocenters. The summed E-state index contributed by atoms with van der Waals surface area (Å²) >= 11 is 0. The number of aromatic amines is 1. The summed E-state index contributed by atoms with van der Waals surface area (Å²) in [6.45, 7) is 0. The van der Waals surface area contributed by atoms with E-state index in [4.69, 9.17) is 5.73 Å². The summed E-state index contributed by atoms with van der Waals surface area (Å²) in [6.07, 6.45) is 2.22. The number of hydrogen-bond acceptors (Lipinski definition) is 3. The van der Waals surface area contributed by atoms with Crippen molar-refractivity contribution in [3.05, 3.63) is 18.0 Å². The molecule has 0 bridgehead atoms. The van der Waals surface area contributed by atoms with E-state index in [-0.39, 0.29) is 0 Å². The number of amides is 2. The zero-order valence-corrected chi connectivity index (χ0v) is 7.52. The largest absolute Gasteiger partial charge is 0.364 e. The standard InChI is InChI=1S/C4H5N3O.C3H7NO/c5-4(8)3-1-2-6-7-3;1-4(2)3-5/h1-2H,(H2,5,8)(H,6,7);3H,1-2H3. The van der Waals surface area contributed by atoms with Gasteiger partial charge in [0.15, 0.2) is 0 Å². The highest BCUT2D eigenvalue weighted by atomic mass is 16.1. The molecule has 13 heavy (non-hydrogen) atoms. The zero-order chi connectivity index (χ0) is 10.3. The van der Waals surface area contributed by atoms with Crippen molar-refractivity contribution < 1.29 is 9.59 Å². The number of hydrogen-bond donors (Lipinski definition) is 2. The summed E-state index contributed by atoms with van der Waals surface area (Å²) in [4.78, 5) is 21.1. The van der Waals surface area contributed by atoms with Crippen molar-refractivity contribution in [3.63, 3.8) is 0 Å². The van der Waals surface area contributed by atoms with Gasteiger partial charge in [-0.15, -0.1) is 0 Å². The van der Waals surface area contributed by atoms with Gasteiger partial charge in [-0.2, -0.15) is 5.10 Å². The Morgan fingerprint density at radius 1 is 1.69 bits per heavy atom. The van der Waals surface area contributed by atoms with E-state index in [0.717, 1.165) is 6.41 Å². The Kier molecular flexibility index (Phi) is 4.94. The van der Waals surface area contributed by atoms with Gasteiger partial charge in [0.05, 0.1) is 0 Å². The lowest BCUT2D eigenvalue weighted by Gasteiger charge is -1.93. The molecule has 0 aromatic carbocycles. The van der Waals surface area contributed by atoms with Crippen LogP contribution in [0.1, 0.15) is 10.5 Å². The highest BCUT2D eigenvalue weighted by Gasteiger charge is 1.96. The molecule has 0 spiro atoms. The number of nitrogens with zero attached hydrogens (tertiary/aromatic N) is 2. The van der Waals surface area contributed by atoms with Crippen LogP contribution >= 0.6 is 0 Å². The van der Waals surface area contributed by atoms with Crippen molar-refractivity contribution in [2.45, 2.75) is 0 Å². The van der Waals surface area contributed by atoms with Crippen molar-refractivity contribution in [1.29, 1.82) is 0 Å². The highest BCUT2D eigenvalue weighted by molar-refractivity contribution is 5.90. The third kappa shape index (κ3) is 5.42. The molecule has 1 rings (SSSR count). The van der Waals surface area contributed by atoms with Crippen molar-refractivity contribution in [3.8, 4) is 0 Å². The quantitative estimate of drug-likeness (QED) is 0.590. The molecule has 1 aromatic rings. The molecule has 1 heterocycles. The van der Waals surface area contributed by atoms with Gasteiger partial charge in [0, 0.05) is 20.3 Å². The Bertz CT molecular complexity index is 255. The number of carbonyl (C=O) groups excluding carboxylic acids is 2. The normalized spacial score (nSPS) is 8.15. The van der Waals surface area contributed by atoms with Crippen LogP contribution in [-0.4, -0.2) is 41.5 Å². The molecule has 0 saturated carbocycles. The van der Waals surface area contributed by atoms with Gasteiger partial charge in [0.2, 0.25) is 6.41 Å². The predicted octanol–water partition coefficient (Wildman–Crippen LogP) is -0.787. The molecule has 72 valence electrons. The molecule has 0 aliphatic heterocycles. The zero-order valence-electron chi connectivity index (χ0n) is 7.52. The first kappa shape index (κ1) is 11.2. The Balaban J connectivity index is 0.000000252. The van der Waals surface area contributed by atoms with Crippen LogP contribution in [0.25, 0.3) is 0 Å². The van der Waals surface area contributed by atoms with E-state index in [0.29, 0.717) is 5.69 Å². The first-order chi connectivity index (χ1) is 6.07. The van der Waals surface area contributed by atoms with E-state index in [1.54, 1.807) is 14.1 Å². The van der Waals surface area contributed by atoms with Crippen LogP contribution < -0.4 is 5.73 Å². The Morgan fingerprint density at radius 2 is 2.23 bits per heavy atom. The second-order valence-corrected chi connectivity index (χ2v) is 2.40. The highest BCUT2D eigenvalue weighted by Crippen LogP contribution is 1.85. The third-order valence-corrected chi connectivity index (χ3v) is 0.977. The lowest BCUT2D eigenvalue weighted by molar-refractivity contribution is -0.115. The lowest BCUT2D eigenvalue weighted by Crippen LogP contribution is -2.10. The van der Waals surface area contributed by atoms with Crippen molar-refractivity contribution in [2.24, 2.45) is 5.73 Å². The summed E-state index contributed by atoms with van der Waals surface area (Å²) in [7, 11) is 3.38. The fraction of sp³-hybridized carbons (Fsp3) is 0.286. The molecule has 0 atom stereocenters. The minimum Gasteiger partial charge on any atom is -0.364 e. The van der Waals surface area contributed by atoms with Gasteiger partial charge in [-0.1, -0.05) is 0 Å². The molecular weight excluding hydrogens is 172 g/mol. The van der Waals surface area contributed by atoms with Gasteiger partial charge < -0.3 is 10.6 Å². The second-order valence-electron chi connectivity index (χ2n) is 2.40. The average molecular weight is 184 g/mol. The maximum absolute atomic E-state index is 10.2. The van der Waals surface area contributed by atoms with E-state index in [9.17, 15) is 9.59 Å². The maximum Gasteiger partial charge on any atom is 0.266 e. The molecule has 6 heteroatoms. The predicted molar refractivity (Wildman–Crippen MR) is 46.9 cm³/mol. The topological polar surface area (TPSA) is 92.1 Å². The van der Waals surface area contributed by atoms with Gasteiger partial charge in [-0.05, 0) is 6.07 Å². The molecule has 0 aliphatic rings. The third-order valence-electron chi connectivity index (χ3n) is 0.977. The minimum atomic E-state index is -0.484. The molecule has 0 aliphatic carbocycles. The summed E-state index contributed by atoms with van der Waals surface area (Å²) in [5, 5.41) is 5.93. The molecule has 2 amide bonds. The molecule has 0 radical (unpaired) electrons. The van der Waals surface area contributed by atoms with Crippen LogP contribution in [0.3, 0.4) is 0 Å². The Hall–Kier alpha value is -1.85. The fourth-order valence-electron chi connectivity index (χ4n) is 0.393. The Labute approximate surface area is 75.7 Å². The SMILES string of the molecule is CN(C)C=O.NC(=O)c1ccn[nH]1. The summed E-state index contributed by atoms with van der Waals surface area (Å²) in [6, 6.07) is 1.52. The first-order valence-electron chi connectivity index (χ1n) is 3.48. The number of carbonyl (C=O) groups is 2. The van der Waals surface area contributed by atoms with E-state index in [1.165, 1.54) is 17.2 Å². The summed E-state index contributed by atoms with van der Waals surface area (Å²) < 4.78 is 0. The van der Waals surface area contributed by atoms with Gasteiger partial charge in [-0.3, -0.25) is 14.7 Å². The smallest absolute Gasteiger partial charge is 0.266 e. The molecule has 1 aromatic heterocycles. The Morgan fingerprint density at radius 3 is 2.38 bits per heavy atom. The van der Waals surface area contributed by atoms with Crippen LogP contribution in [0.2, 0.25) is 0 Å². The van der Waals surface area contributed by atoms with Gasteiger partial charge in [0.25, 0.3) is 5.91 Å². The maximum atomic E-state index is 10.2. The van der Waals surface area contributed by atoms with Gasteiger partial charge in [-0.25, -0.2) is 0 Å². The van der Waals surface area contributed by atoms with Crippen molar-refractivity contribution >= 4 is 12.3 Å². The molecule has 0 saturated heterocycles. The molecule has 0 fully saturated rings. The van der Waals surface area contributed by atoms with E-state index in [2.05, 4.69) is 10.2 Å². The summed E-state index contributed by atoms with van der Waals surface area (Å²) in [5.41, 5.74) is 5.19. The number of aromatic nitrogens is 2. The van der Waals surface area contributed by atoms with Crippen molar-refractivity contribution in [1.82, 2.24) is 15.1 Å². The number of rotatable bonds is 2. The van der Waals surface area contributed by atoms with E-state index in [1.807, 2.05) is 0 Å². The average Bonchev–Trinajstić information content (AvgIpc) is 2.57. The first-order valence-corrected chi connectivity index (χ1v) is 3.48. The number of primary amides is 1.